The van der Waals surface area contributed by atoms with Gasteiger partial charge in [-0.2, -0.15) is 8.61 Å². The third kappa shape index (κ3) is 5.24. The van der Waals surface area contributed by atoms with E-state index in [0.717, 1.165) is 0 Å². The van der Waals surface area contributed by atoms with Crippen molar-refractivity contribution in [3.8, 4) is 0 Å². The van der Waals surface area contributed by atoms with E-state index < -0.39 is 26.1 Å². The molecule has 2 aromatic rings. The summed E-state index contributed by atoms with van der Waals surface area (Å²) in [5.74, 6) is 0. The Morgan fingerprint density at radius 2 is 1.00 bits per heavy atom. The van der Waals surface area contributed by atoms with E-state index in [1.165, 1.54) is 32.9 Å². The van der Waals surface area contributed by atoms with Gasteiger partial charge in [-0.15, -0.1) is 0 Å². The number of urea groups is 1. The Bertz CT molecular complexity index is 1140. The smallest absolute Gasteiger partial charge is 0.323 e. The van der Waals surface area contributed by atoms with Gasteiger partial charge in [-0.05, 0) is 24.3 Å². The molecule has 0 atom stereocenters. The van der Waals surface area contributed by atoms with Crippen molar-refractivity contribution in [3.63, 3.8) is 0 Å². The van der Waals surface area contributed by atoms with Gasteiger partial charge >= 0.3 is 6.03 Å². The molecule has 2 heterocycles. The van der Waals surface area contributed by atoms with E-state index in [1.54, 1.807) is 24.3 Å². The molecule has 2 aliphatic rings. The molecule has 0 radical (unpaired) electrons. The molecular formula is C21H26N4O7S2. The lowest BCUT2D eigenvalue weighted by Gasteiger charge is -2.27. The van der Waals surface area contributed by atoms with E-state index in [9.17, 15) is 21.6 Å². The van der Waals surface area contributed by atoms with Gasteiger partial charge in [-0.3, -0.25) is 0 Å². The predicted molar refractivity (Wildman–Crippen MR) is 125 cm³/mol. The van der Waals surface area contributed by atoms with E-state index in [4.69, 9.17) is 9.47 Å². The van der Waals surface area contributed by atoms with Gasteiger partial charge in [0.25, 0.3) is 0 Å². The van der Waals surface area contributed by atoms with Crippen LogP contribution in [0.15, 0.2) is 58.3 Å². The fourth-order valence-corrected chi connectivity index (χ4v) is 6.83. The number of hydrogen-bond acceptors (Lipinski definition) is 7. The van der Waals surface area contributed by atoms with Crippen LogP contribution in [0.4, 0.5) is 16.2 Å². The van der Waals surface area contributed by atoms with Gasteiger partial charge in [0.2, 0.25) is 20.0 Å². The lowest BCUT2D eigenvalue weighted by molar-refractivity contribution is 0.0730. The van der Waals surface area contributed by atoms with E-state index in [2.05, 4.69) is 10.6 Å². The third-order valence-corrected chi connectivity index (χ3v) is 9.36. The van der Waals surface area contributed by atoms with Crippen molar-refractivity contribution in [2.75, 3.05) is 63.2 Å². The molecule has 184 valence electrons. The Labute approximate surface area is 198 Å². The Morgan fingerprint density at radius 3 is 1.38 bits per heavy atom. The summed E-state index contributed by atoms with van der Waals surface area (Å²) in [6.07, 6.45) is 0. The monoisotopic (exact) mass is 510 g/mol. The highest BCUT2D eigenvalue weighted by Crippen LogP contribution is 2.27. The Kier molecular flexibility index (Phi) is 7.50. The van der Waals surface area contributed by atoms with Crippen LogP contribution in [-0.4, -0.2) is 84.1 Å². The first-order chi connectivity index (χ1) is 16.3. The van der Waals surface area contributed by atoms with E-state index in [-0.39, 0.29) is 47.3 Å². The lowest BCUT2D eigenvalue weighted by atomic mass is 10.3. The molecule has 4 rings (SSSR count). The molecule has 13 heteroatoms. The van der Waals surface area contributed by atoms with Gasteiger partial charge in [-0.25, -0.2) is 21.6 Å². The van der Waals surface area contributed by atoms with Crippen molar-refractivity contribution in [2.45, 2.75) is 9.79 Å². The molecule has 0 spiro atoms. The molecule has 0 aromatic heterocycles. The number of para-hydroxylation sites is 2. The average molecular weight is 511 g/mol. The second-order valence-electron chi connectivity index (χ2n) is 7.60. The molecule has 2 saturated heterocycles. The zero-order valence-corrected chi connectivity index (χ0v) is 20.0. The minimum absolute atomic E-state index is 0.0544. The molecule has 0 saturated carbocycles. The Morgan fingerprint density at radius 1 is 0.647 bits per heavy atom. The van der Waals surface area contributed by atoms with E-state index >= 15 is 0 Å². The van der Waals surface area contributed by atoms with Crippen molar-refractivity contribution in [1.82, 2.24) is 8.61 Å². The van der Waals surface area contributed by atoms with Crippen LogP contribution < -0.4 is 10.6 Å². The van der Waals surface area contributed by atoms with Crippen LogP contribution in [0.2, 0.25) is 0 Å². The fraction of sp³-hybridized carbons (Fsp3) is 0.381. The zero-order chi connectivity index (χ0) is 24.2. The van der Waals surface area contributed by atoms with Crippen LogP contribution in [0.5, 0.6) is 0 Å². The lowest BCUT2D eigenvalue weighted by Crippen LogP contribution is -2.41. The van der Waals surface area contributed by atoms with Gasteiger partial charge in [0.1, 0.15) is 9.79 Å². The highest BCUT2D eigenvalue weighted by Gasteiger charge is 2.30. The van der Waals surface area contributed by atoms with Gasteiger partial charge in [0.05, 0.1) is 37.8 Å². The topological polar surface area (TPSA) is 134 Å². The maximum atomic E-state index is 13.1. The number of ether oxygens (including phenoxy) is 2. The minimum Gasteiger partial charge on any atom is -0.379 e. The summed E-state index contributed by atoms with van der Waals surface area (Å²) < 4.78 is 65.5. The SMILES string of the molecule is O=C(Nc1ccccc1S(=O)(=O)N1CCOCC1)Nc1ccccc1S(=O)(=O)N1CCOCC1. The van der Waals surface area contributed by atoms with Crippen molar-refractivity contribution in [3.05, 3.63) is 48.5 Å². The van der Waals surface area contributed by atoms with Crippen LogP contribution in [0.3, 0.4) is 0 Å². The Balaban J connectivity index is 1.55. The first-order valence-corrected chi connectivity index (χ1v) is 13.6. The van der Waals surface area contributed by atoms with E-state index in [1.807, 2.05) is 0 Å². The number of nitrogens with one attached hydrogen (secondary N) is 2. The number of sulfonamides is 2. The summed E-state index contributed by atoms with van der Waals surface area (Å²) in [5, 5.41) is 5.09. The number of carbonyl (C=O) groups excluding carboxylic acids is 1. The highest BCUT2D eigenvalue weighted by atomic mass is 32.2. The number of rotatable bonds is 6. The number of amides is 2. The van der Waals surface area contributed by atoms with E-state index in [0.29, 0.717) is 26.4 Å². The molecular weight excluding hydrogens is 484 g/mol. The first-order valence-electron chi connectivity index (χ1n) is 10.7. The second-order valence-corrected chi connectivity index (χ2v) is 11.4. The number of nitrogens with zero attached hydrogens (tertiary/aromatic N) is 2. The standard InChI is InChI=1S/C21H26N4O7S2/c26-21(22-17-5-1-3-7-19(17)33(27,28)24-9-13-31-14-10-24)23-18-6-2-4-8-20(18)34(29,30)25-11-15-32-16-12-25/h1-8H,9-16H2,(H2,22,23,26). The maximum Gasteiger partial charge on any atom is 0.323 e. The molecule has 0 bridgehead atoms. The van der Waals surface area contributed by atoms with Crippen LogP contribution in [0, 0.1) is 0 Å². The molecule has 0 aliphatic carbocycles. The molecule has 2 fully saturated rings. The second kappa shape index (κ2) is 10.4. The molecule has 2 amide bonds. The van der Waals surface area contributed by atoms with Gasteiger partial charge in [-0.1, -0.05) is 24.3 Å². The normalized spacial score (nSPS) is 18.4. The summed E-state index contributed by atoms with van der Waals surface area (Å²) in [5.41, 5.74) is 0.167. The highest BCUT2D eigenvalue weighted by molar-refractivity contribution is 7.89. The number of hydrogen-bond donors (Lipinski definition) is 2. The summed E-state index contributed by atoms with van der Waals surface area (Å²) in [4.78, 5) is 12.7. The third-order valence-electron chi connectivity index (χ3n) is 5.45. The largest absolute Gasteiger partial charge is 0.379 e. The molecule has 0 unspecified atom stereocenters. The van der Waals surface area contributed by atoms with Crippen LogP contribution in [0.25, 0.3) is 0 Å². The molecule has 2 aliphatic heterocycles. The van der Waals surface area contributed by atoms with Crippen LogP contribution in [-0.2, 0) is 29.5 Å². The quantitative estimate of drug-likeness (QED) is 0.599. The van der Waals surface area contributed by atoms with Gasteiger partial charge in [0.15, 0.2) is 0 Å². The average Bonchev–Trinajstić information content (AvgIpc) is 2.85. The number of benzene rings is 2. The summed E-state index contributed by atoms with van der Waals surface area (Å²) in [6, 6.07) is 11.4. The van der Waals surface area contributed by atoms with Crippen molar-refractivity contribution in [2.24, 2.45) is 0 Å². The summed E-state index contributed by atoms with van der Waals surface area (Å²) >= 11 is 0. The van der Waals surface area contributed by atoms with Crippen molar-refractivity contribution < 1.29 is 31.1 Å². The van der Waals surface area contributed by atoms with Crippen LogP contribution in [0.1, 0.15) is 0 Å². The fourth-order valence-electron chi connectivity index (χ4n) is 3.72. The van der Waals surface area contributed by atoms with Crippen LogP contribution >= 0.6 is 0 Å². The molecule has 11 nitrogen and oxygen atoms in total. The first kappa shape index (κ1) is 24.6. The van der Waals surface area contributed by atoms with Gasteiger partial charge < -0.3 is 20.1 Å². The predicted octanol–water partition coefficient (Wildman–Crippen LogP) is 1.37. The summed E-state index contributed by atoms with van der Waals surface area (Å²) in [7, 11) is -7.72. The summed E-state index contributed by atoms with van der Waals surface area (Å²) in [6.45, 7) is 2.05. The number of morpholine rings is 2. The maximum absolute atomic E-state index is 13.1. The number of anilines is 2. The molecule has 2 N–H and O–H groups in total. The van der Waals surface area contributed by atoms with Gasteiger partial charge in [0, 0.05) is 26.2 Å². The number of carbonyl (C=O) groups is 1. The zero-order valence-electron chi connectivity index (χ0n) is 18.3. The molecule has 2 aromatic carbocycles. The Hall–Kier alpha value is -2.55. The van der Waals surface area contributed by atoms with Crippen molar-refractivity contribution in [1.29, 1.82) is 0 Å². The molecule has 34 heavy (non-hydrogen) atoms. The minimum atomic E-state index is -3.86. The van der Waals surface area contributed by atoms with Crippen molar-refractivity contribution >= 4 is 37.5 Å².